The van der Waals surface area contributed by atoms with Crippen LogP contribution in [0.4, 0.5) is 5.69 Å². The normalized spacial score (nSPS) is 20.7. The molecule has 0 spiro atoms. The summed E-state index contributed by atoms with van der Waals surface area (Å²) in [4.78, 5) is 0. The van der Waals surface area contributed by atoms with Crippen LogP contribution in [0.1, 0.15) is 19.3 Å². The molecule has 2 N–H and O–H groups in total. The van der Waals surface area contributed by atoms with Crippen molar-refractivity contribution in [2.45, 2.75) is 25.4 Å². The van der Waals surface area contributed by atoms with Crippen molar-refractivity contribution in [3.05, 3.63) is 23.2 Å². The first-order valence-electron chi connectivity index (χ1n) is 5.55. The highest BCUT2D eigenvalue weighted by atomic mass is 35.5. The number of hydrogen-bond donors (Lipinski definition) is 1. The van der Waals surface area contributed by atoms with Crippen LogP contribution in [0.3, 0.4) is 0 Å². The topological polar surface area (TPSA) is 44.5 Å². The van der Waals surface area contributed by atoms with Crippen molar-refractivity contribution in [2.75, 3.05) is 18.9 Å². The van der Waals surface area contributed by atoms with Crippen LogP contribution in [0.25, 0.3) is 0 Å². The van der Waals surface area contributed by atoms with Crippen molar-refractivity contribution in [1.29, 1.82) is 0 Å². The third-order valence-corrected chi connectivity index (χ3v) is 2.91. The first-order chi connectivity index (χ1) is 7.75. The van der Waals surface area contributed by atoms with Crippen molar-refractivity contribution in [2.24, 2.45) is 0 Å². The van der Waals surface area contributed by atoms with Gasteiger partial charge in [0, 0.05) is 17.7 Å². The van der Waals surface area contributed by atoms with Gasteiger partial charge in [0.25, 0.3) is 0 Å². The SMILES string of the molecule is Nc1ccc(Cl)cc1OCC1CCCCO1. The van der Waals surface area contributed by atoms with Crippen LogP contribution in [0.15, 0.2) is 18.2 Å². The zero-order valence-corrected chi connectivity index (χ0v) is 9.87. The van der Waals surface area contributed by atoms with Crippen LogP contribution in [0.5, 0.6) is 5.75 Å². The summed E-state index contributed by atoms with van der Waals surface area (Å²) in [6, 6.07) is 5.24. The van der Waals surface area contributed by atoms with Gasteiger partial charge in [0.2, 0.25) is 0 Å². The molecule has 4 heteroatoms. The number of nitrogens with two attached hydrogens (primary N) is 1. The van der Waals surface area contributed by atoms with Gasteiger partial charge in [-0.2, -0.15) is 0 Å². The Labute approximate surface area is 100 Å². The summed E-state index contributed by atoms with van der Waals surface area (Å²) in [7, 11) is 0. The molecule has 1 saturated heterocycles. The van der Waals surface area contributed by atoms with E-state index in [1.165, 1.54) is 6.42 Å². The molecule has 1 unspecified atom stereocenters. The molecule has 88 valence electrons. The predicted molar refractivity (Wildman–Crippen MR) is 65.0 cm³/mol. The van der Waals surface area contributed by atoms with E-state index in [9.17, 15) is 0 Å². The van der Waals surface area contributed by atoms with Crippen molar-refractivity contribution >= 4 is 17.3 Å². The summed E-state index contributed by atoms with van der Waals surface area (Å²) < 4.78 is 11.2. The van der Waals surface area contributed by atoms with Gasteiger partial charge in [0.15, 0.2) is 0 Å². The minimum Gasteiger partial charge on any atom is -0.489 e. The lowest BCUT2D eigenvalue weighted by molar-refractivity contribution is -0.0109. The second kappa shape index (κ2) is 5.41. The minimum atomic E-state index is 0.187. The van der Waals surface area contributed by atoms with Gasteiger partial charge in [-0.1, -0.05) is 11.6 Å². The fourth-order valence-electron chi connectivity index (χ4n) is 1.75. The van der Waals surface area contributed by atoms with Gasteiger partial charge in [0.05, 0.1) is 11.8 Å². The molecule has 0 bridgehead atoms. The number of ether oxygens (including phenoxy) is 2. The maximum atomic E-state index is 5.87. The van der Waals surface area contributed by atoms with Crippen molar-refractivity contribution in [1.82, 2.24) is 0 Å². The number of anilines is 1. The summed E-state index contributed by atoms with van der Waals surface area (Å²) in [5, 5.41) is 0.633. The molecule has 1 atom stereocenters. The van der Waals surface area contributed by atoms with Gasteiger partial charge >= 0.3 is 0 Å². The lowest BCUT2D eigenvalue weighted by atomic mass is 10.1. The van der Waals surface area contributed by atoms with E-state index in [-0.39, 0.29) is 6.10 Å². The molecule has 1 aromatic rings. The van der Waals surface area contributed by atoms with E-state index in [0.717, 1.165) is 19.4 Å². The third-order valence-electron chi connectivity index (χ3n) is 2.67. The molecule has 3 nitrogen and oxygen atoms in total. The largest absolute Gasteiger partial charge is 0.489 e. The summed E-state index contributed by atoms with van der Waals surface area (Å²) in [5.41, 5.74) is 6.39. The number of hydrogen-bond acceptors (Lipinski definition) is 3. The van der Waals surface area contributed by atoms with Crippen LogP contribution in [0.2, 0.25) is 5.02 Å². The molecular weight excluding hydrogens is 226 g/mol. The minimum absolute atomic E-state index is 0.187. The van der Waals surface area contributed by atoms with Crippen LogP contribution in [-0.2, 0) is 4.74 Å². The maximum absolute atomic E-state index is 5.87. The summed E-state index contributed by atoms with van der Waals surface area (Å²) >= 11 is 5.87. The molecule has 1 aliphatic heterocycles. The molecule has 0 aliphatic carbocycles. The Hall–Kier alpha value is -0.930. The lowest BCUT2D eigenvalue weighted by Gasteiger charge is -2.22. The van der Waals surface area contributed by atoms with Crippen LogP contribution < -0.4 is 10.5 Å². The van der Waals surface area contributed by atoms with Gasteiger partial charge in [-0.15, -0.1) is 0 Å². The van der Waals surface area contributed by atoms with Gasteiger partial charge in [0.1, 0.15) is 12.4 Å². The van der Waals surface area contributed by atoms with E-state index in [1.807, 2.05) is 0 Å². The predicted octanol–water partition coefficient (Wildman–Crippen LogP) is 2.87. The second-order valence-electron chi connectivity index (χ2n) is 3.98. The Morgan fingerprint density at radius 3 is 3.06 bits per heavy atom. The van der Waals surface area contributed by atoms with Gasteiger partial charge in [-0.05, 0) is 31.4 Å². The number of rotatable bonds is 3. The first kappa shape index (κ1) is 11.6. The summed E-state index contributed by atoms with van der Waals surface area (Å²) in [6.45, 7) is 1.38. The van der Waals surface area contributed by atoms with Crippen molar-refractivity contribution < 1.29 is 9.47 Å². The zero-order chi connectivity index (χ0) is 11.4. The van der Waals surface area contributed by atoms with E-state index >= 15 is 0 Å². The highest BCUT2D eigenvalue weighted by Crippen LogP contribution is 2.26. The number of nitrogen functional groups attached to an aromatic ring is 1. The van der Waals surface area contributed by atoms with Crippen LogP contribution in [0, 0.1) is 0 Å². The second-order valence-corrected chi connectivity index (χ2v) is 4.42. The highest BCUT2D eigenvalue weighted by Gasteiger charge is 2.14. The molecule has 1 fully saturated rings. The lowest BCUT2D eigenvalue weighted by Crippen LogP contribution is -2.25. The first-order valence-corrected chi connectivity index (χ1v) is 5.93. The Bertz CT molecular complexity index is 351. The Morgan fingerprint density at radius 2 is 2.31 bits per heavy atom. The smallest absolute Gasteiger partial charge is 0.143 e. The van der Waals surface area contributed by atoms with E-state index in [0.29, 0.717) is 23.1 Å². The maximum Gasteiger partial charge on any atom is 0.143 e. The molecule has 1 aromatic carbocycles. The molecule has 16 heavy (non-hydrogen) atoms. The number of halogens is 1. The monoisotopic (exact) mass is 241 g/mol. The summed E-state index contributed by atoms with van der Waals surface area (Å²) in [6.07, 6.45) is 3.60. The number of benzene rings is 1. The molecule has 0 aromatic heterocycles. The standard InChI is InChI=1S/C12H16ClNO2/c13-9-4-5-11(14)12(7-9)16-8-10-3-1-2-6-15-10/h4-5,7,10H,1-3,6,8,14H2. The molecule has 0 saturated carbocycles. The third kappa shape index (κ3) is 3.03. The van der Waals surface area contributed by atoms with Gasteiger partial charge in [-0.25, -0.2) is 0 Å². The highest BCUT2D eigenvalue weighted by molar-refractivity contribution is 6.30. The Morgan fingerprint density at radius 1 is 1.44 bits per heavy atom. The van der Waals surface area contributed by atoms with E-state index in [4.69, 9.17) is 26.8 Å². The zero-order valence-electron chi connectivity index (χ0n) is 9.12. The molecule has 0 radical (unpaired) electrons. The Balaban J connectivity index is 1.90. The summed E-state index contributed by atoms with van der Waals surface area (Å²) in [5.74, 6) is 0.640. The van der Waals surface area contributed by atoms with Crippen molar-refractivity contribution in [3.63, 3.8) is 0 Å². The van der Waals surface area contributed by atoms with E-state index < -0.39 is 0 Å². The molecule has 2 rings (SSSR count). The fraction of sp³-hybridized carbons (Fsp3) is 0.500. The van der Waals surface area contributed by atoms with E-state index in [1.54, 1.807) is 18.2 Å². The Kier molecular flexibility index (Phi) is 3.91. The van der Waals surface area contributed by atoms with E-state index in [2.05, 4.69) is 0 Å². The average Bonchev–Trinajstić information content (AvgIpc) is 2.32. The molecule has 1 aliphatic rings. The molecule has 1 heterocycles. The van der Waals surface area contributed by atoms with Crippen LogP contribution in [-0.4, -0.2) is 19.3 Å². The van der Waals surface area contributed by atoms with Crippen molar-refractivity contribution in [3.8, 4) is 5.75 Å². The average molecular weight is 242 g/mol. The van der Waals surface area contributed by atoms with Gasteiger partial charge < -0.3 is 15.2 Å². The van der Waals surface area contributed by atoms with Crippen LogP contribution >= 0.6 is 11.6 Å². The fourth-order valence-corrected chi connectivity index (χ4v) is 1.92. The quantitative estimate of drug-likeness (QED) is 0.828. The van der Waals surface area contributed by atoms with Gasteiger partial charge in [-0.3, -0.25) is 0 Å². The molecule has 0 amide bonds. The molecular formula is C12H16ClNO2.